The average molecular weight is 1110 g/mol. The molecule has 24 bridgehead atoms. The maximum atomic E-state index is 12.1. The van der Waals surface area contributed by atoms with E-state index >= 15 is 0 Å². The second kappa shape index (κ2) is 21.2. The van der Waals surface area contributed by atoms with E-state index in [2.05, 4.69) is 52.4 Å². The quantitative estimate of drug-likeness (QED) is 0.158. The molecule has 0 aromatic heterocycles. The molecule has 0 saturated carbocycles. The molecule has 3 fully saturated rings. The predicted octanol–water partition coefficient (Wildman–Crippen LogP) is 8.79. The Morgan fingerprint density at radius 2 is 0.608 bits per heavy atom. The van der Waals surface area contributed by atoms with Gasteiger partial charge < -0.3 is 31.3 Å². The van der Waals surface area contributed by atoms with E-state index in [-0.39, 0.29) is 34.9 Å². The standard InChI is InChI=1S/3C20H22N4O2.Co/c3*25-19(26)20-8-7-17(24-20)11-15-4-3-13(22-15)9-12-1-2-14(21-12)10-16-5-6-18(20)23-16;/h3*9-11,18,22H,1-8H2,(H,25,26);/b3*13-9-,14-10-,15-11-;. The van der Waals surface area contributed by atoms with Crippen LogP contribution in [0.3, 0.4) is 0 Å². The third kappa shape index (κ3) is 10.6. The molecule has 3 saturated heterocycles. The Morgan fingerprint density at radius 3 is 0.873 bits per heavy atom. The molecule has 79 heavy (non-hydrogen) atoms. The predicted molar refractivity (Wildman–Crippen MR) is 302 cm³/mol. The van der Waals surface area contributed by atoms with E-state index in [1.165, 1.54) is 17.1 Å². The first-order valence-electron chi connectivity index (χ1n) is 28.4. The van der Waals surface area contributed by atoms with E-state index < -0.39 is 34.5 Å². The number of carbonyl (C=O) groups is 3. The van der Waals surface area contributed by atoms with E-state index in [4.69, 9.17) is 44.9 Å². The molecule has 15 heterocycles. The van der Waals surface area contributed by atoms with Gasteiger partial charge in [0, 0.05) is 119 Å². The van der Waals surface area contributed by atoms with Gasteiger partial charge in [-0.15, -0.1) is 0 Å². The molecule has 0 spiro atoms. The molecule has 18 nitrogen and oxygen atoms in total. The molecule has 0 aromatic rings. The Kier molecular flexibility index (Phi) is 14.2. The molecule has 0 aromatic carbocycles. The van der Waals surface area contributed by atoms with Crippen molar-refractivity contribution in [2.75, 3.05) is 0 Å². The molecule has 411 valence electrons. The van der Waals surface area contributed by atoms with Crippen molar-refractivity contribution in [3.05, 3.63) is 106 Å². The van der Waals surface area contributed by atoms with Crippen LogP contribution in [0.2, 0.25) is 0 Å². The minimum absolute atomic E-state index is 0. The molecular weight excluding hydrogens is 1040 g/mol. The monoisotopic (exact) mass is 1110 g/mol. The van der Waals surface area contributed by atoms with Crippen LogP contribution in [0.4, 0.5) is 0 Å². The Balaban J connectivity index is 0.000000118. The summed E-state index contributed by atoms with van der Waals surface area (Å²) in [4.78, 5) is 79.1. The van der Waals surface area contributed by atoms with Gasteiger partial charge in [-0.05, 0) is 209 Å². The zero-order valence-electron chi connectivity index (χ0n) is 44.3. The van der Waals surface area contributed by atoms with Crippen molar-refractivity contribution in [2.24, 2.45) is 44.9 Å². The Labute approximate surface area is 469 Å². The van der Waals surface area contributed by atoms with E-state index in [9.17, 15) is 29.7 Å². The van der Waals surface area contributed by atoms with Gasteiger partial charge in [0.2, 0.25) is 0 Å². The summed E-state index contributed by atoms with van der Waals surface area (Å²) in [6.45, 7) is 0. The van der Waals surface area contributed by atoms with Crippen LogP contribution >= 0.6 is 0 Å². The molecule has 6 N–H and O–H groups in total. The van der Waals surface area contributed by atoms with Crippen LogP contribution in [0.15, 0.2) is 151 Å². The number of aliphatic imine (C=N–C) groups is 9. The van der Waals surface area contributed by atoms with Crippen LogP contribution in [0.5, 0.6) is 0 Å². The number of rotatable bonds is 3. The van der Waals surface area contributed by atoms with Gasteiger partial charge in [0.1, 0.15) is 0 Å². The smallest absolute Gasteiger partial charge is 0.333 e. The topological polar surface area (TPSA) is 259 Å². The molecule has 6 unspecified atom stereocenters. The minimum atomic E-state index is -1.10. The Bertz CT molecular complexity index is 2970. The van der Waals surface area contributed by atoms with Crippen molar-refractivity contribution < 1.29 is 46.5 Å². The van der Waals surface area contributed by atoms with Crippen molar-refractivity contribution >= 4 is 69.3 Å². The number of nitrogens with zero attached hydrogens (tertiary/aromatic N) is 9. The van der Waals surface area contributed by atoms with E-state index in [0.29, 0.717) is 38.5 Å². The first-order chi connectivity index (χ1) is 37.8. The van der Waals surface area contributed by atoms with Gasteiger partial charge in [-0.3, -0.25) is 44.9 Å². The van der Waals surface area contributed by atoms with Crippen LogP contribution in [-0.4, -0.2) is 119 Å². The molecule has 1 radical (unpaired) electrons. The van der Waals surface area contributed by atoms with Crippen LogP contribution < -0.4 is 16.0 Å². The van der Waals surface area contributed by atoms with Gasteiger partial charge >= 0.3 is 17.9 Å². The number of carboxylic acids is 3. The summed E-state index contributed by atoms with van der Waals surface area (Å²) in [7, 11) is 0. The maximum Gasteiger partial charge on any atom is 0.333 e. The number of fused-ring (bicyclic) bond motifs is 18. The molecule has 6 atom stereocenters. The fourth-order valence-electron chi connectivity index (χ4n) is 13.7. The van der Waals surface area contributed by atoms with Gasteiger partial charge in [0.25, 0.3) is 0 Å². The molecule has 15 aliphatic rings. The van der Waals surface area contributed by atoms with E-state index in [1.54, 1.807) is 0 Å². The van der Waals surface area contributed by atoms with Crippen molar-refractivity contribution in [3.63, 3.8) is 0 Å². The average Bonchev–Trinajstić information content (AvgIpc) is 4.31. The van der Waals surface area contributed by atoms with Crippen molar-refractivity contribution in [3.8, 4) is 0 Å². The minimum Gasteiger partial charge on any atom is -0.479 e. The summed E-state index contributed by atoms with van der Waals surface area (Å²) in [6.07, 6.45) is 38.6. The molecule has 15 rings (SSSR count). The van der Waals surface area contributed by atoms with Crippen molar-refractivity contribution in [2.45, 2.75) is 189 Å². The number of allylic oxidation sites excluding steroid dienone is 18. The Morgan fingerprint density at radius 1 is 0.342 bits per heavy atom. The normalized spacial score (nSPS) is 37.9. The third-order valence-corrected chi connectivity index (χ3v) is 17.8. The summed E-state index contributed by atoms with van der Waals surface area (Å²) in [5, 5.41) is 40.3. The van der Waals surface area contributed by atoms with Crippen LogP contribution in [0.25, 0.3) is 0 Å². The number of aliphatic carboxylic acids is 3. The number of hydrogen-bond donors (Lipinski definition) is 6. The molecule has 0 amide bonds. The van der Waals surface area contributed by atoms with Crippen molar-refractivity contribution in [1.29, 1.82) is 0 Å². The molecule has 19 heteroatoms. The van der Waals surface area contributed by atoms with Crippen molar-refractivity contribution in [1.82, 2.24) is 16.0 Å². The fraction of sp³-hybridized carbons (Fsp3) is 0.500. The van der Waals surface area contributed by atoms with Crippen LogP contribution in [0.1, 0.15) is 154 Å². The first kappa shape index (κ1) is 52.7. The summed E-state index contributed by atoms with van der Waals surface area (Å²) in [5.74, 6) is -2.54. The van der Waals surface area contributed by atoms with E-state index in [0.717, 1.165) is 201 Å². The SMILES string of the molecule is O=C(O)C12CCC(=N1)/C=C1/CC/C(=C/C3=NC(=C\C4=NC2CC4)/CC3)N1.O=C(O)C12CCC(=N1)/C=C1/CC/C(=C/C3=NC(=C\C4=NC2CC4)/CC3)N1.O=C(O)C12CCC(=N1)/C=C1/CC/C(=C/C3=NC(=C\C4=NC2CC4)/CC3)N1.[Co]. The second-order valence-corrected chi connectivity index (χ2v) is 23.1. The number of carboxylic acid groups (broad SMARTS) is 3. The number of nitrogens with one attached hydrogen (secondary N) is 3. The fourth-order valence-corrected chi connectivity index (χ4v) is 13.7. The maximum absolute atomic E-state index is 12.1. The number of hydrogen-bond acceptors (Lipinski definition) is 15. The van der Waals surface area contributed by atoms with Crippen LogP contribution in [-0.2, 0) is 31.2 Å². The first-order valence-corrected chi connectivity index (χ1v) is 28.4. The van der Waals surface area contributed by atoms with Gasteiger partial charge in [0.05, 0.1) is 18.1 Å². The molecule has 0 aliphatic carbocycles. The summed E-state index contributed by atoms with van der Waals surface area (Å²) < 4.78 is 0. The zero-order chi connectivity index (χ0) is 53.2. The second-order valence-electron chi connectivity index (χ2n) is 23.1. The summed E-state index contributed by atoms with van der Waals surface area (Å²) in [6, 6.07) is -0.825. The van der Waals surface area contributed by atoms with E-state index in [1.807, 2.05) is 18.2 Å². The van der Waals surface area contributed by atoms with Gasteiger partial charge in [-0.25, -0.2) is 14.4 Å². The summed E-state index contributed by atoms with van der Waals surface area (Å²) in [5.41, 5.74) is 15.7. The molecule has 15 aliphatic heterocycles. The van der Waals surface area contributed by atoms with Crippen LogP contribution in [0, 0.1) is 0 Å². The molecular formula is C60H66CoN12O6. The van der Waals surface area contributed by atoms with Gasteiger partial charge in [0.15, 0.2) is 16.6 Å². The third-order valence-electron chi connectivity index (χ3n) is 17.8. The van der Waals surface area contributed by atoms with Gasteiger partial charge in [-0.1, -0.05) is 0 Å². The Hall–Kier alpha value is -6.99. The zero-order valence-corrected chi connectivity index (χ0v) is 45.4. The largest absolute Gasteiger partial charge is 0.479 e. The summed E-state index contributed by atoms with van der Waals surface area (Å²) >= 11 is 0. The van der Waals surface area contributed by atoms with Gasteiger partial charge in [-0.2, -0.15) is 0 Å².